The van der Waals surface area contributed by atoms with Crippen LogP contribution in [0.15, 0.2) is 37.8 Å². The quantitative estimate of drug-likeness (QED) is 0.426. The lowest BCUT2D eigenvalue weighted by Gasteiger charge is -2.05. The molecule has 0 bridgehead atoms. The molecule has 1 N–H and O–H groups in total. The average molecular weight is 500 g/mol. The highest BCUT2D eigenvalue weighted by atomic mass is 35.5. The maximum absolute atomic E-state index is 12.6. The number of hydrogen-bond donors (Lipinski definition) is 1. The van der Waals surface area contributed by atoms with Gasteiger partial charge in [-0.3, -0.25) is 18.7 Å². The topological polar surface area (TPSA) is 99.1 Å². The van der Waals surface area contributed by atoms with Gasteiger partial charge in [-0.1, -0.05) is 34.8 Å². The molecule has 0 fully saturated rings. The van der Waals surface area contributed by atoms with E-state index in [2.05, 4.69) is 10.3 Å². The van der Waals surface area contributed by atoms with Crippen LogP contribution in [0.5, 0.6) is 0 Å². The van der Waals surface area contributed by atoms with E-state index in [0.717, 1.165) is 4.57 Å². The second-order valence-corrected chi connectivity index (χ2v) is 8.65. The number of furan rings is 1. The van der Waals surface area contributed by atoms with Gasteiger partial charge in [0.2, 0.25) is 11.6 Å². The van der Waals surface area contributed by atoms with Crippen LogP contribution < -0.4 is 16.6 Å². The van der Waals surface area contributed by atoms with Crippen LogP contribution in [0.2, 0.25) is 15.1 Å². The van der Waals surface area contributed by atoms with Crippen molar-refractivity contribution in [3.63, 3.8) is 0 Å². The Hall–Kier alpha value is -2.59. The fourth-order valence-corrected chi connectivity index (χ4v) is 4.43. The van der Waals surface area contributed by atoms with E-state index in [1.54, 1.807) is 17.5 Å². The number of hydrogen-bond acceptors (Lipinski definition) is 6. The van der Waals surface area contributed by atoms with E-state index in [1.165, 1.54) is 36.3 Å². The van der Waals surface area contributed by atoms with Gasteiger partial charge >= 0.3 is 5.69 Å². The molecule has 31 heavy (non-hydrogen) atoms. The number of carbonyl (C=O) groups excluding carboxylic acids is 1. The van der Waals surface area contributed by atoms with Crippen LogP contribution in [0.3, 0.4) is 0 Å². The van der Waals surface area contributed by atoms with Crippen molar-refractivity contribution in [3.8, 4) is 11.3 Å². The zero-order chi connectivity index (χ0) is 22.4. The minimum atomic E-state index is -0.527. The summed E-state index contributed by atoms with van der Waals surface area (Å²) in [4.78, 5) is 41.4. The van der Waals surface area contributed by atoms with Gasteiger partial charge in [-0.2, -0.15) is 0 Å². The van der Waals surface area contributed by atoms with Crippen LogP contribution in [-0.2, 0) is 25.3 Å². The number of amides is 1. The molecule has 4 aromatic rings. The molecule has 12 heteroatoms. The van der Waals surface area contributed by atoms with Crippen molar-refractivity contribution in [1.82, 2.24) is 14.1 Å². The van der Waals surface area contributed by atoms with Gasteiger partial charge in [-0.05, 0) is 12.1 Å². The highest BCUT2D eigenvalue weighted by Gasteiger charge is 2.19. The first-order valence-electron chi connectivity index (χ1n) is 8.74. The lowest BCUT2D eigenvalue weighted by Crippen LogP contribution is -2.36. The molecule has 0 aliphatic carbocycles. The smallest absolute Gasteiger partial charge is 0.333 e. The summed E-state index contributed by atoms with van der Waals surface area (Å²) in [5.74, 6) is -0.403. The summed E-state index contributed by atoms with van der Waals surface area (Å²) < 4.78 is 7.54. The van der Waals surface area contributed by atoms with Crippen molar-refractivity contribution in [2.75, 3.05) is 5.32 Å². The third-order valence-electron chi connectivity index (χ3n) is 4.66. The second kappa shape index (κ2) is 8.16. The normalized spacial score (nSPS) is 11.3. The van der Waals surface area contributed by atoms with Crippen molar-refractivity contribution in [2.45, 2.75) is 6.42 Å². The molecule has 160 valence electrons. The number of aryl methyl sites for hydroxylation is 1. The Balaban J connectivity index is 1.58. The Kier molecular flexibility index (Phi) is 5.69. The first kappa shape index (κ1) is 21.6. The van der Waals surface area contributed by atoms with Gasteiger partial charge in [0.15, 0.2) is 5.13 Å². The molecular formula is C19H13Cl3N4O4S. The lowest BCUT2D eigenvalue weighted by atomic mass is 10.1. The third-order valence-corrected chi connectivity index (χ3v) is 6.71. The van der Waals surface area contributed by atoms with E-state index in [9.17, 15) is 14.4 Å². The van der Waals surface area contributed by atoms with Gasteiger partial charge in [0, 0.05) is 30.6 Å². The van der Waals surface area contributed by atoms with Crippen LogP contribution in [-0.4, -0.2) is 20.0 Å². The molecule has 0 saturated carbocycles. The number of aromatic nitrogens is 3. The molecule has 0 aliphatic heterocycles. The molecule has 0 spiro atoms. The molecule has 8 nitrogen and oxygen atoms in total. The Morgan fingerprint density at radius 1 is 1.16 bits per heavy atom. The van der Waals surface area contributed by atoms with E-state index in [0.29, 0.717) is 27.0 Å². The minimum Gasteiger partial charge on any atom is -0.447 e. The van der Waals surface area contributed by atoms with Crippen LogP contribution in [0.4, 0.5) is 5.13 Å². The van der Waals surface area contributed by atoms with Crippen molar-refractivity contribution in [3.05, 3.63) is 65.2 Å². The number of nitrogens with zero attached hydrogens (tertiary/aromatic N) is 3. The molecule has 0 unspecified atom stereocenters. The van der Waals surface area contributed by atoms with Crippen LogP contribution in [0.25, 0.3) is 22.4 Å². The van der Waals surface area contributed by atoms with Crippen LogP contribution in [0.1, 0.15) is 5.56 Å². The van der Waals surface area contributed by atoms with E-state index < -0.39 is 17.2 Å². The number of rotatable bonds is 4. The van der Waals surface area contributed by atoms with Crippen LogP contribution in [0, 0.1) is 0 Å². The number of fused-ring (bicyclic) bond motifs is 1. The molecule has 4 rings (SSSR count). The van der Waals surface area contributed by atoms with E-state index in [1.807, 2.05) is 0 Å². The fourth-order valence-electron chi connectivity index (χ4n) is 3.07. The highest BCUT2D eigenvalue weighted by Crippen LogP contribution is 2.38. The van der Waals surface area contributed by atoms with Crippen LogP contribution >= 0.6 is 46.1 Å². The summed E-state index contributed by atoms with van der Waals surface area (Å²) in [5.41, 5.74) is 0.550. The molecule has 0 radical (unpaired) electrons. The number of thiazole rings is 1. The fraction of sp³-hybridized carbons (Fsp3) is 0.158. The summed E-state index contributed by atoms with van der Waals surface area (Å²) in [5, 5.41) is 5.76. The molecule has 1 amide bonds. The van der Waals surface area contributed by atoms with Gasteiger partial charge in [0.25, 0.3) is 5.56 Å². The number of nitrogens with one attached hydrogen (secondary N) is 1. The van der Waals surface area contributed by atoms with E-state index >= 15 is 0 Å². The molecule has 3 aromatic heterocycles. The third kappa shape index (κ3) is 3.78. The first-order chi connectivity index (χ1) is 14.7. The standard InChI is InChI=1S/C19H13Cl3N4O4S/c1-25-16(28)13-8(6-30-17(13)26(2)19(25)29)5-12(27)24-18-23-11(7-31-18)9-3-4-10(20)15(22)14(9)21/h3-4,6-7H,5H2,1-2H3,(H,23,24,27). The monoisotopic (exact) mass is 498 g/mol. The van der Waals surface area contributed by atoms with E-state index in [-0.39, 0.29) is 27.6 Å². The Labute approximate surface area is 193 Å². The number of anilines is 1. The summed E-state index contributed by atoms with van der Waals surface area (Å²) in [6.45, 7) is 0. The summed E-state index contributed by atoms with van der Waals surface area (Å²) >= 11 is 19.5. The summed E-state index contributed by atoms with van der Waals surface area (Å²) in [6.07, 6.45) is 1.16. The Morgan fingerprint density at radius 3 is 2.65 bits per heavy atom. The maximum atomic E-state index is 12.6. The summed E-state index contributed by atoms with van der Waals surface area (Å²) in [7, 11) is 2.86. The van der Waals surface area contributed by atoms with Gasteiger partial charge in [0.1, 0.15) is 5.39 Å². The molecule has 0 atom stereocenters. The van der Waals surface area contributed by atoms with E-state index in [4.69, 9.17) is 39.2 Å². The largest absolute Gasteiger partial charge is 0.447 e. The number of halogens is 3. The van der Waals surface area contributed by atoms with Gasteiger partial charge in [0.05, 0.1) is 33.4 Å². The summed E-state index contributed by atoms with van der Waals surface area (Å²) in [6, 6.07) is 3.30. The molecule has 3 heterocycles. The van der Waals surface area contributed by atoms with Crippen molar-refractivity contribution in [1.29, 1.82) is 0 Å². The van der Waals surface area contributed by atoms with Gasteiger partial charge < -0.3 is 9.73 Å². The molecule has 0 saturated heterocycles. The lowest BCUT2D eigenvalue weighted by molar-refractivity contribution is -0.115. The predicted molar refractivity (Wildman–Crippen MR) is 122 cm³/mol. The van der Waals surface area contributed by atoms with Crippen molar-refractivity contribution < 1.29 is 9.21 Å². The number of carbonyl (C=O) groups is 1. The maximum Gasteiger partial charge on any atom is 0.333 e. The predicted octanol–water partition coefficient (Wildman–Crippen LogP) is 4.10. The number of benzene rings is 1. The zero-order valence-corrected chi connectivity index (χ0v) is 19.1. The molecule has 0 aliphatic rings. The first-order valence-corrected chi connectivity index (χ1v) is 10.8. The second-order valence-electron chi connectivity index (χ2n) is 6.63. The Bertz CT molecular complexity index is 1470. The van der Waals surface area contributed by atoms with Crippen molar-refractivity contribution in [2.24, 2.45) is 14.1 Å². The highest BCUT2D eigenvalue weighted by molar-refractivity contribution is 7.14. The molecule has 1 aromatic carbocycles. The van der Waals surface area contributed by atoms with Gasteiger partial charge in [-0.15, -0.1) is 11.3 Å². The molecular weight excluding hydrogens is 487 g/mol. The van der Waals surface area contributed by atoms with Crippen molar-refractivity contribution >= 4 is 68.3 Å². The Morgan fingerprint density at radius 2 is 1.90 bits per heavy atom. The van der Waals surface area contributed by atoms with Gasteiger partial charge in [-0.25, -0.2) is 9.78 Å². The average Bonchev–Trinajstić information content (AvgIpc) is 3.36. The zero-order valence-electron chi connectivity index (χ0n) is 16.0. The SMILES string of the molecule is Cn1c(=O)c2c(CC(=O)Nc3nc(-c4ccc(Cl)c(Cl)c4Cl)cs3)coc2n(C)c1=O. The minimum absolute atomic E-state index is 0.113.